The van der Waals surface area contributed by atoms with Crippen LogP contribution in [0, 0.1) is 12.7 Å². The maximum atomic E-state index is 13.5. The van der Waals surface area contributed by atoms with Gasteiger partial charge in [-0.05, 0) is 37.0 Å². The molecule has 0 saturated heterocycles. The van der Waals surface area contributed by atoms with Crippen LogP contribution in [0.2, 0.25) is 0 Å². The molecule has 0 radical (unpaired) electrons. The standard InChI is InChI=1S/C13H17FN2O3S/c1-8-4-3-5-9(14)11(8)16-13(19)15-10(12(17)18)6-7-20-2/h3-5,10H,6-7H2,1-2H3,(H,17,18)(H2,15,16,19)/t10-/m0/s1. The van der Waals surface area contributed by atoms with Gasteiger partial charge in [-0.3, -0.25) is 0 Å². The number of anilines is 1. The minimum absolute atomic E-state index is 0.0546. The van der Waals surface area contributed by atoms with Gasteiger partial charge in [0.2, 0.25) is 0 Å². The number of hydrogen-bond acceptors (Lipinski definition) is 3. The van der Waals surface area contributed by atoms with Crippen LogP contribution in [0.3, 0.4) is 0 Å². The second-order valence-corrected chi connectivity index (χ2v) is 5.19. The van der Waals surface area contributed by atoms with Crippen molar-refractivity contribution in [2.75, 3.05) is 17.3 Å². The number of urea groups is 1. The molecule has 110 valence electrons. The van der Waals surface area contributed by atoms with Crippen LogP contribution in [0.1, 0.15) is 12.0 Å². The Morgan fingerprint density at radius 3 is 2.70 bits per heavy atom. The molecule has 0 saturated carbocycles. The van der Waals surface area contributed by atoms with Gasteiger partial charge in [0.1, 0.15) is 11.9 Å². The summed E-state index contributed by atoms with van der Waals surface area (Å²) in [5.41, 5.74) is 0.621. The molecule has 3 N–H and O–H groups in total. The highest BCUT2D eigenvalue weighted by Gasteiger charge is 2.20. The molecule has 7 heteroatoms. The number of carbonyl (C=O) groups is 2. The second kappa shape index (κ2) is 7.74. The molecule has 2 amide bonds. The van der Waals surface area contributed by atoms with E-state index in [4.69, 9.17) is 5.11 Å². The molecule has 0 unspecified atom stereocenters. The van der Waals surface area contributed by atoms with Crippen molar-refractivity contribution in [1.29, 1.82) is 0 Å². The van der Waals surface area contributed by atoms with Gasteiger partial charge in [0.05, 0.1) is 5.69 Å². The maximum absolute atomic E-state index is 13.5. The summed E-state index contributed by atoms with van der Waals surface area (Å²) in [6.45, 7) is 1.65. The Morgan fingerprint density at radius 2 is 2.15 bits per heavy atom. The third-order valence-electron chi connectivity index (χ3n) is 2.67. The minimum atomic E-state index is -1.11. The van der Waals surface area contributed by atoms with Crippen molar-refractivity contribution in [2.45, 2.75) is 19.4 Å². The molecule has 0 bridgehead atoms. The molecule has 0 spiro atoms. The van der Waals surface area contributed by atoms with Crippen molar-refractivity contribution in [2.24, 2.45) is 0 Å². The molecule has 1 rings (SSSR count). The van der Waals surface area contributed by atoms with Gasteiger partial charge in [0.25, 0.3) is 0 Å². The van der Waals surface area contributed by atoms with E-state index >= 15 is 0 Å². The fourth-order valence-corrected chi connectivity index (χ4v) is 2.06. The Bertz CT molecular complexity index is 476. The van der Waals surface area contributed by atoms with Gasteiger partial charge in [-0.25, -0.2) is 14.0 Å². The van der Waals surface area contributed by atoms with E-state index < -0.39 is 23.9 Å². The third-order valence-corrected chi connectivity index (χ3v) is 3.32. The summed E-state index contributed by atoms with van der Waals surface area (Å²) < 4.78 is 13.5. The molecule has 1 aromatic rings. The number of aryl methyl sites for hydroxylation is 1. The fourth-order valence-electron chi connectivity index (χ4n) is 1.59. The zero-order valence-electron chi connectivity index (χ0n) is 11.3. The van der Waals surface area contributed by atoms with E-state index in [1.807, 2.05) is 6.26 Å². The first-order chi connectivity index (χ1) is 9.45. The Kier molecular flexibility index (Phi) is 6.30. The highest BCUT2D eigenvalue weighted by atomic mass is 32.2. The number of hydrogen-bond donors (Lipinski definition) is 3. The van der Waals surface area contributed by atoms with Crippen molar-refractivity contribution in [3.05, 3.63) is 29.6 Å². The number of para-hydroxylation sites is 1. The highest BCUT2D eigenvalue weighted by molar-refractivity contribution is 7.98. The minimum Gasteiger partial charge on any atom is -0.480 e. The lowest BCUT2D eigenvalue weighted by Gasteiger charge is -2.15. The summed E-state index contributed by atoms with van der Waals surface area (Å²) in [6.07, 6.45) is 2.15. The second-order valence-electron chi connectivity index (χ2n) is 4.20. The number of carbonyl (C=O) groups excluding carboxylic acids is 1. The number of aliphatic carboxylic acids is 1. The molecule has 5 nitrogen and oxygen atoms in total. The normalized spacial score (nSPS) is 11.8. The van der Waals surface area contributed by atoms with Crippen LogP contribution in [0.5, 0.6) is 0 Å². The lowest BCUT2D eigenvalue weighted by atomic mass is 10.2. The van der Waals surface area contributed by atoms with Gasteiger partial charge in [-0.15, -0.1) is 0 Å². The fraction of sp³-hybridized carbons (Fsp3) is 0.385. The number of rotatable bonds is 6. The van der Waals surface area contributed by atoms with Gasteiger partial charge < -0.3 is 15.7 Å². The highest BCUT2D eigenvalue weighted by Crippen LogP contribution is 2.18. The SMILES string of the molecule is CSCC[C@H](NC(=O)Nc1c(C)cccc1F)C(=O)O. The predicted molar refractivity (Wildman–Crippen MR) is 77.7 cm³/mol. The van der Waals surface area contributed by atoms with E-state index in [1.54, 1.807) is 13.0 Å². The maximum Gasteiger partial charge on any atom is 0.326 e. The van der Waals surface area contributed by atoms with Crippen molar-refractivity contribution < 1.29 is 19.1 Å². The van der Waals surface area contributed by atoms with E-state index in [1.165, 1.54) is 23.9 Å². The van der Waals surface area contributed by atoms with E-state index in [-0.39, 0.29) is 5.69 Å². The molecular weight excluding hydrogens is 283 g/mol. The molecule has 0 aliphatic heterocycles. The van der Waals surface area contributed by atoms with E-state index in [0.717, 1.165) is 0 Å². The van der Waals surface area contributed by atoms with Crippen molar-refractivity contribution in [3.8, 4) is 0 Å². The third kappa shape index (κ3) is 4.73. The molecule has 1 aromatic carbocycles. The summed E-state index contributed by atoms with van der Waals surface area (Å²) in [4.78, 5) is 22.7. The average Bonchev–Trinajstić information content (AvgIpc) is 2.38. The van der Waals surface area contributed by atoms with Crippen molar-refractivity contribution in [3.63, 3.8) is 0 Å². The molecule has 0 aromatic heterocycles. The van der Waals surface area contributed by atoms with Gasteiger partial charge >= 0.3 is 12.0 Å². The molecule has 0 aliphatic rings. The largest absolute Gasteiger partial charge is 0.480 e. The molecular formula is C13H17FN2O3S. The number of halogens is 1. The van der Waals surface area contributed by atoms with Crippen LogP contribution in [0.25, 0.3) is 0 Å². The molecule has 0 heterocycles. The Morgan fingerprint density at radius 1 is 1.45 bits per heavy atom. The Balaban J connectivity index is 2.68. The monoisotopic (exact) mass is 300 g/mol. The van der Waals surface area contributed by atoms with E-state index in [9.17, 15) is 14.0 Å². The summed E-state index contributed by atoms with van der Waals surface area (Å²) in [7, 11) is 0. The van der Waals surface area contributed by atoms with Crippen LogP contribution in [-0.2, 0) is 4.79 Å². The van der Waals surface area contributed by atoms with Crippen LogP contribution in [0.15, 0.2) is 18.2 Å². The molecule has 0 fully saturated rings. The topological polar surface area (TPSA) is 78.4 Å². The average molecular weight is 300 g/mol. The molecule has 0 aliphatic carbocycles. The van der Waals surface area contributed by atoms with Gasteiger partial charge in [-0.1, -0.05) is 12.1 Å². The number of nitrogens with one attached hydrogen (secondary N) is 2. The first-order valence-electron chi connectivity index (χ1n) is 6.00. The summed E-state index contributed by atoms with van der Waals surface area (Å²) in [6, 6.07) is 2.69. The smallest absolute Gasteiger partial charge is 0.326 e. The number of benzene rings is 1. The number of thioether (sulfide) groups is 1. The van der Waals surface area contributed by atoms with E-state index in [0.29, 0.717) is 17.7 Å². The number of amides is 2. The first-order valence-corrected chi connectivity index (χ1v) is 7.39. The lowest BCUT2D eigenvalue weighted by Crippen LogP contribution is -2.43. The predicted octanol–water partition coefficient (Wildman–Crippen LogP) is 2.46. The van der Waals surface area contributed by atoms with Crippen molar-refractivity contribution in [1.82, 2.24) is 5.32 Å². The van der Waals surface area contributed by atoms with E-state index in [2.05, 4.69) is 10.6 Å². The van der Waals surface area contributed by atoms with Crippen molar-refractivity contribution >= 4 is 29.4 Å². The number of carboxylic acids is 1. The summed E-state index contributed by atoms with van der Waals surface area (Å²) >= 11 is 1.49. The number of carboxylic acid groups (broad SMARTS) is 1. The first kappa shape index (κ1) is 16.3. The van der Waals surface area contributed by atoms with Gasteiger partial charge in [0.15, 0.2) is 0 Å². The Labute approximate surface area is 120 Å². The Hall–Kier alpha value is -1.76. The van der Waals surface area contributed by atoms with Crippen LogP contribution < -0.4 is 10.6 Å². The van der Waals surface area contributed by atoms with Gasteiger partial charge in [0, 0.05) is 0 Å². The molecule has 1 atom stereocenters. The summed E-state index contributed by atoms with van der Waals surface area (Å²) in [5.74, 6) is -1.06. The molecule has 20 heavy (non-hydrogen) atoms. The summed E-state index contributed by atoms with van der Waals surface area (Å²) in [5, 5.41) is 13.7. The van der Waals surface area contributed by atoms with Crippen LogP contribution in [-0.4, -0.2) is 35.2 Å². The lowest BCUT2D eigenvalue weighted by molar-refractivity contribution is -0.139. The van der Waals surface area contributed by atoms with Crippen LogP contribution in [0.4, 0.5) is 14.9 Å². The zero-order chi connectivity index (χ0) is 15.1. The quantitative estimate of drug-likeness (QED) is 0.754. The zero-order valence-corrected chi connectivity index (χ0v) is 12.1. The van der Waals surface area contributed by atoms with Crippen LogP contribution >= 0.6 is 11.8 Å². The van der Waals surface area contributed by atoms with Gasteiger partial charge in [-0.2, -0.15) is 11.8 Å².